The molecule has 0 unspecified atom stereocenters. The summed E-state index contributed by atoms with van der Waals surface area (Å²) in [4.78, 5) is 10.6. The molecule has 0 bridgehead atoms. The first-order valence-electron chi connectivity index (χ1n) is 4.77. The van der Waals surface area contributed by atoms with Crippen LogP contribution in [0.5, 0.6) is 5.75 Å². The van der Waals surface area contributed by atoms with Crippen LogP contribution >= 0.6 is 0 Å². The molecule has 1 aromatic carbocycles. The van der Waals surface area contributed by atoms with Crippen LogP contribution in [0.1, 0.15) is 5.56 Å². The number of ether oxygens (including phenoxy) is 3. The lowest BCUT2D eigenvalue weighted by molar-refractivity contribution is 0.0819. The number of carbonyl (C=O) groups excluding carboxylic acids is 1. The van der Waals surface area contributed by atoms with Crippen LogP contribution in [0.4, 0.5) is 4.79 Å². The molecule has 1 rings (SSSR count). The lowest BCUT2D eigenvalue weighted by Crippen LogP contribution is -2.03. The molecule has 0 saturated carbocycles. The molecule has 0 spiro atoms. The fourth-order valence-electron chi connectivity index (χ4n) is 1.07. The summed E-state index contributed by atoms with van der Waals surface area (Å²) in [6, 6.07) is 7.54. The van der Waals surface area contributed by atoms with Gasteiger partial charge in [0, 0.05) is 0 Å². The Morgan fingerprint density at radius 1 is 1.25 bits per heavy atom. The van der Waals surface area contributed by atoms with Crippen molar-refractivity contribution in [3.8, 4) is 5.75 Å². The number of carbonyl (C=O) groups is 1. The lowest BCUT2D eigenvalue weighted by Gasteiger charge is -2.00. The molecular formula is C12H14O4. The quantitative estimate of drug-likeness (QED) is 0.734. The molecule has 1 aromatic rings. The average Bonchev–Trinajstić information content (AvgIpc) is 2.35. The van der Waals surface area contributed by atoms with Crippen LogP contribution in [-0.2, 0) is 9.47 Å². The number of hydrogen-bond donors (Lipinski definition) is 0. The third kappa shape index (κ3) is 4.04. The second-order valence-electron chi connectivity index (χ2n) is 2.94. The van der Waals surface area contributed by atoms with Crippen molar-refractivity contribution in [2.24, 2.45) is 0 Å². The predicted octanol–water partition coefficient (Wildman–Crippen LogP) is 2.49. The normalized spacial score (nSPS) is 10.1. The van der Waals surface area contributed by atoms with Crippen molar-refractivity contribution in [3.05, 3.63) is 35.9 Å². The molecule has 4 heteroatoms. The van der Waals surface area contributed by atoms with Gasteiger partial charge in [-0.05, 0) is 23.8 Å². The zero-order chi connectivity index (χ0) is 11.8. The molecule has 0 atom stereocenters. The minimum Gasteiger partial charge on any atom is -0.497 e. The van der Waals surface area contributed by atoms with Gasteiger partial charge in [0.25, 0.3) is 0 Å². The third-order valence-corrected chi connectivity index (χ3v) is 1.89. The Morgan fingerprint density at radius 3 is 2.50 bits per heavy atom. The SMILES string of the molecule is COC(=O)OC/C=C\c1ccc(OC)cc1. The summed E-state index contributed by atoms with van der Waals surface area (Å²) in [5, 5.41) is 0. The van der Waals surface area contributed by atoms with E-state index in [0.717, 1.165) is 11.3 Å². The highest BCUT2D eigenvalue weighted by molar-refractivity contribution is 5.60. The van der Waals surface area contributed by atoms with Crippen molar-refractivity contribution < 1.29 is 19.0 Å². The second-order valence-corrected chi connectivity index (χ2v) is 2.94. The summed E-state index contributed by atoms with van der Waals surface area (Å²) in [6.45, 7) is 0.193. The van der Waals surface area contributed by atoms with Crippen molar-refractivity contribution in [1.29, 1.82) is 0 Å². The molecule has 0 radical (unpaired) electrons. The summed E-state index contributed by atoms with van der Waals surface area (Å²) in [5.41, 5.74) is 1.01. The van der Waals surface area contributed by atoms with E-state index >= 15 is 0 Å². The standard InChI is InChI=1S/C12H14O4/c1-14-11-7-5-10(6-8-11)4-3-9-16-12(13)15-2/h3-8H,9H2,1-2H3/b4-3-. The summed E-state index contributed by atoms with van der Waals surface area (Å²) in [7, 11) is 2.89. The zero-order valence-corrected chi connectivity index (χ0v) is 9.30. The second kappa shape index (κ2) is 6.50. The van der Waals surface area contributed by atoms with E-state index in [4.69, 9.17) is 4.74 Å². The largest absolute Gasteiger partial charge is 0.508 e. The highest BCUT2D eigenvalue weighted by Gasteiger charge is 1.95. The average molecular weight is 222 g/mol. The van der Waals surface area contributed by atoms with Gasteiger partial charge in [0.15, 0.2) is 0 Å². The van der Waals surface area contributed by atoms with Gasteiger partial charge in [-0.25, -0.2) is 4.79 Å². The molecule has 0 saturated heterocycles. The maximum absolute atomic E-state index is 10.6. The Morgan fingerprint density at radius 2 is 1.94 bits per heavy atom. The third-order valence-electron chi connectivity index (χ3n) is 1.89. The number of methoxy groups -OCH3 is 2. The lowest BCUT2D eigenvalue weighted by atomic mass is 10.2. The number of rotatable bonds is 4. The van der Waals surface area contributed by atoms with Crippen molar-refractivity contribution >= 4 is 12.2 Å². The Balaban J connectivity index is 2.40. The molecule has 4 nitrogen and oxygen atoms in total. The van der Waals surface area contributed by atoms with E-state index in [-0.39, 0.29) is 6.61 Å². The Labute approximate surface area is 94.4 Å². The highest BCUT2D eigenvalue weighted by Crippen LogP contribution is 2.12. The number of benzene rings is 1. The van der Waals surface area contributed by atoms with Crippen LogP contribution in [0.3, 0.4) is 0 Å². The molecule has 0 N–H and O–H groups in total. The molecule has 0 heterocycles. The van der Waals surface area contributed by atoms with E-state index in [1.54, 1.807) is 13.2 Å². The van der Waals surface area contributed by atoms with Crippen LogP contribution in [-0.4, -0.2) is 27.0 Å². The maximum Gasteiger partial charge on any atom is 0.508 e. The van der Waals surface area contributed by atoms with Crippen LogP contribution in [0, 0.1) is 0 Å². The Bertz CT molecular complexity index is 354. The highest BCUT2D eigenvalue weighted by atomic mass is 16.7. The van der Waals surface area contributed by atoms with Crippen molar-refractivity contribution in [2.45, 2.75) is 0 Å². The minimum atomic E-state index is -0.681. The van der Waals surface area contributed by atoms with E-state index in [9.17, 15) is 4.79 Å². The molecule has 0 aliphatic carbocycles. The van der Waals surface area contributed by atoms with Gasteiger partial charge < -0.3 is 14.2 Å². The van der Waals surface area contributed by atoms with Gasteiger partial charge in [0.2, 0.25) is 0 Å². The summed E-state index contributed by atoms with van der Waals surface area (Å²) in [5.74, 6) is 0.808. The van der Waals surface area contributed by atoms with Crippen LogP contribution < -0.4 is 4.74 Å². The Hall–Kier alpha value is -1.97. The van der Waals surface area contributed by atoms with Gasteiger partial charge in [-0.1, -0.05) is 18.2 Å². The molecule has 16 heavy (non-hydrogen) atoms. The summed E-state index contributed by atoms with van der Waals surface area (Å²) in [6.07, 6.45) is 2.90. The van der Waals surface area contributed by atoms with Crippen LogP contribution in [0.2, 0.25) is 0 Å². The van der Waals surface area contributed by atoms with Gasteiger partial charge in [-0.2, -0.15) is 0 Å². The first kappa shape index (κ1) is 12.1. The van der Waals surface area contributed by atoms with Crippen LogP contribution in [0.15, 0.2) is 30.3 Å². The predicted molar refractivity (Wildman–Crippen MR) is 60.4 cm³/mol. The van der Waals surface area contributed by atoms with E-state index in [2.05, 4.69) is 9.47 Å². The zero-order valence-electron chi connectivity index (χ0n) is 9.30. The smallest absolute Gasteiger partial charge is 0.497 e. The fourth-order valence-corrected chi connectivity index (χ4v) is 1.07. The van der Waals surface area contributed by atoms with Crippen molar-refractivity contribution in [3.63, 3.8) is 0 Å². The Kier molecular flexibility index (Phi) is 4.92. The monoisotopic (exact) mass is 222 g/mol. The van der Waals surface area contributed by atoms with Gasteiger partial charge in [0.1, 0.15) is 12.4 Å². The molecule has 0 aliphatic rings. The summed E-state index contributed by atoms with van der Waals surface area (Å²) < 4.78 is 14.0. The molecule has 0 aromatic heterocycles. The molecule has 0 amide bonds. The van der Waals surface area contributed by atoms with Crippen molar-refractivity contribution in [1.82, 2.24) is 0 Å². The molecular weight excluding hydrogens is 208 g/mol. The van der Waals surface area contributed by atoms with E-state index in [1.807, 2.05) is 30.3 Å². The maximum atomic E-state index is 10.6. The first-order valence-corrected chi connectivity index (χ1v) is 4.77. The number of hydrogen-bond acceptors (Lipinski definition) is 4. The van der Waals surface area contributed by atoms with E-state index in [1.165, 1.54) is 7.11 Å². The topological polar surface area (TPSA) is 44.8 Å². The van der Waals surface area contributed by atoms with E-state index in [0.29, 0.717) is 0 Å². The summed E-state index contributed by atoms with van der Waals surface area (Å²) >= 11 is 0. The van der Waals surface area contributed by atoms with E-state index < -0.39 is 6.16 Å². The van der Waals surface area contributed by atoms with Gasteiger partial charge >= 0.3 is 6.16 Å². The van der Waals surface area contributed by atoms with Gasteiger partial charge in [0.05, 0.1) is 14.2 Å². The molecule has 0 aliphatic heterocycles. The first-order chi connectivity index (χ1) is 7.76. The van der Waals surface area contributed by atoms with Crippen molar-refractivity contribution in [2.75, 3.05) is 20.8 Å². The molecule has 0 fully saturated rings. The minimum absolute atomic E-state index is 0.193. The van der Waals surface area contributed by atoms with Gasteiger partial charge in [-0.3, -0.25) is 0 Å². The van der Waals surface area contributed by atoms with Crippen LogP contribution in [0.25, 0.3) is 6.08 Å². The fraction of sp³-hybridized carbons (Fsp3) is 0.250. The molecule has 86 valence electrons. The van der Waals surface area contributed by atoms with Gasteiger partial charge in [-0.15, -0.1) is 0 Å².